The lowest BCUT2D eigenvalue weighted by Gasteiger charge is -2.20. The van der Waals surface area contributed by atoms with E-state index in [4.69, 9.17) is 4.74 Å². The lowest BCUT2D eigenvalue weighted by atomic mass is 10.1. The molecule has 1 aromatic carbocycles. The van der Waals surface area contributed by atoms with E-state index < -0.39 is 0 Å². The lowest BCUT2D eigenvalue weighted by molar-refractivity contribution is 0.0532. The highest BCUT2D eigenvalue weighted by atomic mass is 16.5. The minimum atomic E-state index is 0.0216. The van der Waals surface area contributed by atoms with E-state index in [1.165, 1.54) is 0 Å². The summed E-state index contributed by atoms with van der Waals surface area (Å²) in [7, 11) is 1.81. The summed E-state index contributed by atoms with van der Waals surface area (Å²) in [5, 5.41) is 3.25. The molecule has 4 heteroatoms. The molecule has 0 unspecified atom stereocenters. The Morgan fingerprint density at radius 2 is 2.10 bits per heavy atom. The van der Waals surface area contributed by atoms with Crippen LogP contribution in [0.3, 0.4) is 0 Å². The molecule has 0 bridgehead atoms. The van der Waals surface area contributed by atoms with Gasteiger partial charge in [-0.2, -0.15) is 0 Å². The van der Waals surface area contributed by atoms with Crippen LogP contribution in [0.1, 0.15) is 36.7 Å². The highest BCUT2D eigenvalue weighted by Gasteiger charge is 2.15. The SMILES string of the molecule is CCNc1cc(C)ccc1C(=O)N(C)CCOC(C)C. The Balaban J connectivity index is 2.75. The van der Waals surface area contributed by atoms with Gasteiger partial charge in [0.1, 0.15) is 0 Å². The Kier molecular flexibility index (Phi) is 6.52. The second-order valence-corrected chi connectivity index (χ2v) is 5.23. The molecule has 0 saturated heterocycles. The first-order valence-corrected chi connectivity index (χ1v) is 7.17. The maximum atomic E-state index is 12.5. The molecule has 0 radical (unpaired) electrons. The summed E-state index contributed by atoms with van der Waals surface area (Å²) < 4.78 is 5.49. The Labute approximate surface area is 122 Å². The molecule has 1 amide bonds. The zero-order chi connectivity index (χ0) is 15.1. The molecule has 0 heterocycles. The maximum Gasteiger partial charge on any atom is 0.255 e. The molecule has 1 N–H and O–H groups in total. The minimum Gasteiger partial charge on any atom is -0.385 e. The monoisotopic (exact) mass is 278 g/mol. The summed E-state index contributed by atoms with van der Waals surface area (Å²) in [6.45, 7) is 9.98. The summed E-state index contributed by atoms with van der Waals surface area (Å²) >= 11 is 0. The first kappa shape index (κ1) is 16.5. The van der Waals surface area contributed by atoms with E-state index in [1.54, 1.807) is 4.90 Å². The van der Waals surface area contributed by atoms with Crippen LogP contribution in [-0.4, -0.2) is 43.7 Å². The topological polar surface area (TPSA) is 41.6 Å². The average molecular weight is 278 g/mol. The molecule has 4 nitrogen and oxygen atoms in total. The first-order valence-electron chi connectivity index (χ1n) is 7.17. The zero-order valence-electron chi connectivity index (χ0n) is 13.2. The molecule has 0 saturated carbocycles. The number of likely N-dealkylation sites (N-methyl/N-ethyl adjacent to an activating group) is 1. The van der Waals surface area contributed by atoms with E-state index in [1.807, 2.05) is 52.9 Å². The highest BCUT2D eigenvalue weighted by molar-refractivity contribution is 5.99. The van der Waals surface area contributed by atoms with Crippen molar-refractivity contribution in [3.63, 3.8) is 0 Å². The van der Waals surface area contributed by atoms with Crippen LogP contribution in [0.25, 0.3) is 0 Å². The van der Waals surface area contributed by atoms with Crippen molar-refractivity contribution in [2.45, 2.75) is 33.8 Å². The second kappa shape index (κ2) is 7.90. The maximum absolute atomic E-state index is 12.5. The van der Waals surface area contributed by atoms with Crippen LogP contribution in [0.15, 0.2) is 18.2 Å². The molecular formula is C16H26N2O2. The van der Waals surface area contributed by atoms with Crippen molar-refractivity contribution in [3.05, 3.63) is 29.3 Å². The van der Waals surface area contributed by atoms with Gasteiger partial charge in [0.2, 0.25) is 0 Å². The van der Waals surface area contributed by atoms with Gasteiger partial charge in [0.25, 0.3) is 5.91 Å². The molecule has 0 aromatic heterocycles. The predicted octanol–water partition coefficient (Wildman–Crippen LogP) is 2.92. The lowest BCUT2D eigenvalue weighted by Crippen LogP contribution is -2.31. The molecule has 20 heavy (non-hydrogen) atoms. The summed E-state index contributed by atoms with van der Waals surface area (Å²) in [6.07, 6.45) is 0.190. The van der Waals surface area contributed by atoms with Crippen molar-refractivity contribution < 1.29 is 9.53 Å². The summed E-state index contributed by atoms with van der Waals surface area (Å²) in [4.78, 5) is 14.2. The molecular weight excluding hydrogens is 252 g/mol. The van der Waals surface area contributed by atoms with E-state index in [0.29, 0.717) is 18.7 Å². The van der Waals surface area contributed by atoms with Gasteiger partial charge in [0.05, 0.1) is 18.3 Å². The molecule has 112 valence electrons. The van der Waals surface area contributed by atoms with Gasteiger partial charge in [0.15, 0.2) is 0 Å². The Morgan fingerprint density at radius 3 is 2.70 bits per heavy atom. The van der Waals surface area contributed by atoms with Crippen LogP contribution in [0.2, 0.25) is 0 Å². The van der Waals surface area contributed by atoms with E-state index in [9.17, 15) is 4.79 Å². The van der Waals surface area contributed by atoms with Crippen molar-refractivity contribution in [1.29, 1.82) is 0 Å². The van der Waals surface area contributed by atoms with Crippen molar-refractivity contribution in [2.75, 3.05) is 32.1 Å². The second-order valence-electron chi connectivity index (χ2n) is 5.23. The molecule has 1 rings (SSSR count). The van der Waals surface area contributed by atoms with Crippen LogP contribution in [0.4, 0.5) is 5.69 Å². The zero-order valence-corrected chi connectivity index (χ0v) is 13.2. The molecule has 0 aliphatic rings. The summed E-state index contributed by atoms with van der Waals surface area (Å²) in [5.41, 5.74) is 2.75. The minimum absolute atomic E-state index is 0.0216. The number of rotatable bonds is 7. The average Bonchev–Trinajstić information content (AvgIpc) is 2.38. The number of ether oxygens (including phenoxy) is 1. The number of nitrogens with one attached hydrogen (secondary N) is 1. The fourth-order valence-corrected chi connectivity index (χ4v) is 1.91. The van der Waals surface area contributed by atoms with Gasteiger partial charge >= 0.3 is 0 Å². The molecule has 0 fully saturated rings. The number of benzene rings is 1. The Morgan fingerprint density at radius 1 is 1.40 bits per heavy atom. The third-order valence-corrected chi connectivity index (χ3v) is 3.00. The summed E-state index contributed by atoms with van der Waals surface area (Å²) in [5.74, 6) is 0.0216. The van der Waals surface area contributed by atoms with E-state index >= 15 is 0 Å². The number of hydrogen-bond donors (Lipinski definition) is 1. The van der Waals surface area contributed by atoms with Crippen molar-refractivity contribution in [2.24, 2.45) is 0 Å². The molecule has 0 aliphatic heterocycles. The third-order valence-electron chi connectivity index (χ3n) is 3.00. The van der Waals surface area contributed by atoms with E-state index in [0.717, 1.165) is 17.8 Å². The van der Waals surface area contributed by atoms with Gasteiger partial charge < -0.3 is 15.0 Å². The smallest absolute Gasteiger partial charge is 0.255 e. The number of hydrogen-bond acceptors (Lipinski definition) is 3. The summed E-state index contributed by atoms with van der Waals surface area (Å²) in [6, 6.07) is 5.86. The number of nitrogens with zero attached hydrogens (tertiary/aromatic N) is 1. The largest absolute Gasteiger partial charge is 0.385 e. The van der Waals surface area contributed by atoms with Crippen LogP contribution in [0, 0.1) is 6.92 Å². The van der Waals surface area contributed by atoms with Gasteiger partial charge in [-0.25, -0.2) is 0 Å². The van der Waals surface area contributed by atoms with Crippen LogP contribution in [-0.2, 0) is 4.74 Å². The molecule has 0 spiro atoms. The first-order chi connectivity index (χ1) is 9.45. The highest BCUT2D eigenvalue weighted by Crippen LogP contribution is 2.19. The predicted molar refractivity (Wildman–Crippen MR) is 83.4 cm³/mol. The van der Waals surface area contributed by atoms with Gasteiger partial charge in [-0.15, -0.1) is 0 Å². The van der Waals surface area contributed by atoms with Crippen molar-refractivity contribution in [1.82, 2.24) is 4.90 Å². The fraction of sp³-hybridized carbons (Fsp3) is 0.562. The van der Waals surface area contributed by atoms with Gasteiger partial charge in [-0.3, -0.25) is 4.79 Å². The van der Waals surface area contributed by atoms with Crippen LogP contribution < -0.4 is 5.32 Å². The normalized spacial score (nSPS) is 10.7. The van der Waals surface area contributed by atoms with E-state index in [-0.39, 0.29) is 12.0 Å². The van der Waals surface area contributed by atoms with Gasteiger partial charge in [0, 0.05) is 25.8 Å². The number of anilines is 1. The van der Waals surface area contributed by atoms with Gasteiger partial charge in [-0.05, 0) is 45.4 Å². The van der Waals surface area contributed by atoms with Gasteiger partial charge in [-0.1, -0.05) is 6.07 Å². The number of carbonyl (C=O) groups is 1. The van der Waals surface area contributed by atoms with Crippen molar-refractivity contribution in [3.8, 4) is 0 Å². The van der Waals surface area contributed by atoms with E-state index in [2.05, 4.69) is 5.32 Å². The van der Waals surface area contributed by atoms with Crippen LogP contribution >= 0.6 is 0 Å². The number of aryl methyl sites for hydroxylation is 1. The Bertz CT molecular complexity index is 444. The third kappa shape index (κ3) is 4.85. The standard InChI is InChI=1S/C16H26N2O2/c1-6-17-15-11-13(4)7-8-14(15)16(19)18(5)9-10-20-12(2)3/h7-8,11-12,17H,6,9-10H2,1-5H3. The number of carbonyl (C=O) groups excluding carboxylic acids is 1. The molecule has 1 aromatic rings. The number of amides is 1. The fourth-order valence-electron chi connectivity index (χ4n) is 1.91. The Hall–Kier alpha value is -1.55. The molecule has 0 atom stereocenters. The quantitative estimate of drug-likeness (QED) is 0.834. The van der Waals surface area contributed by atoms with Crippen LogP contribution in [0.5, 0.6) is 0 Å². The van der Waals surface area contributed by atoms with Crippen molar-refractivity contribution >= 4 is 11.6 Å². The molecule has 0 aliphatic carbocycles.